The Morgan fingerprint density at radius 2 is 1.95 bits per heavy atom. The second-order valence-corrected chi connectivity index (χ2v) is 6.98. The van der Waals surface area contributed by atoms with Gasteiger partial charge in [0.25, 0.3) is 0 Å². The van der Waals surface area contributed by atoms with Crippen LogP contribution >= 0.6 is 0 Å². The quantitative estimate of drug-likeness (QED) is 0.795. The second kappa shape index (κ2) is 5.74. The van der Waals surface area contributed by atoms with Gasteiger partial charge in [0.15, 0.2) is 15.6 Å². The van der Waals surface area contributed by atoms with Crippen molar-refractivity contribution < 1.29 is 17.9 Å². The Balaban J connectivity index is 2.19. The molecular weight excluding hydrogens is 264 g/mol. The molecule has 1 fully saturated rings. The van der Waals surface area contributed by atoms with Crippen LogP contribution in [-0.4, -0.2) is 31.8 Å². The third-order valence-electron chi connectivity index (χ3n) is 3.32. The lowest BCUT2D eigenvalue weighted by molar-refractivity contribution is 0.0981. The van der Waals surface area contributed by atoms with Gasteiger partial charge in [0.2, 0.25) is 0 Å². The van der Waals surface area contributed by atoms with Gasteiger partial charge in [0.05, 0.1) is 12.4 Å². The third kappa shape index (κ3) is 3.15. The molecule has 0 bridgehead atoms. The molecule has 1 aromatic rings. The number of ether oxygens (including phenoxy) is 1. The van der Waals surface area contributed by atoms with Crippen LogP contribution in [0.1, 0.15) is 36.5 Å². The minimum absolute atomic E-state index is 0.125. The normalized spacial score (nSPS) is 21.8. The molecule has 1 atom stereocenters. The predicted molar refractivity (Wildman–Crippen MR) is 73.4 cm³/mol. The molecule has 1 aliphatic rings. The lowest BCUT2D eigenvalue weighted by atomic mass is 10.0. The first-order valence-corrected chi connectivity index (χ1v) is 8.25. The highest BCUT2D eigenvalue weighted by molar-refractivity contribution is 7.92. The molecule has 0 spiro atoms. The maximum absolute atomic E-state index is 12.3. The van der Waals surface area contributed by atoms with Crippen LogP contribution < -0.4 is 4.74 Å². The van der Waals surface area contributed by atoms with Crippen LogP contribution in [-0.2, 0) is 9.84 Å². The van der Waals surface area contributed by atoms with Gasteiger partial charge in [-0.25, -0.2) is 8.42 Å². The molecule has 0 saturated carbocycles. The van der Waals surface area contributed by atoms with Crippen molar-refractivity contribution in [2.45, 2.75) is 31.4 Å². The second-order valence-electron chi connectivity index (χ2n) is 4.67. The zero-order valence-corrected chi connectivity index (χ0v) is 11.8. The van der Waals surface area contributed by atoms with Crippen molar-refractivity contribution in [1.82, 2.24) is 0 Å². The number of hydrogen-bond donors (Lipinski definition) is 0. The van der Waals surface area contributed by atoms with E-state index in [4.69, 9.17) is 4.74 Å². The van der Waals surface area contributed by atoms with Gasteiger partial charge in [-0.15, -0.1) is 0 Å². The molecule has 1 saturated heterocycles. The minimum Gasteiger partial charge on any atom is -0.494 e. The van der Waals surface area contributed by atoms with Gasteiger partial charge in [-0.3, -0.25) is 4.79 Å². The highest BCUT2D eigenvalue weighted by Crippen LogP contribution is 2.24. The van der Waals surface area contributed by atoms with E-state index in [9.17, 15) is 13.2 Å². The van der Waals surface area contributed by atoms with Gasteiger partial charge < -0.3 is 4.74 Å². The summed E-state index contributed by atoms with van der Waals surface area (Å²) in [5.74, 6) is 0.522. The van der Waals surface area contributed by atoms with Gasteiger partial charge >= 0.3 is 0 Å². The summed E-state index contributed by atoms with van der Waals surface area (Å²) >= 11 is 0. The summed E-state index contributed by atoms with van der Waals surface area (Å²) in [4.78, 5) is 12.3. The van der Waals surface area contributed by atoms with E-state index < -0.39 is 15.1 Å². The summed E-state index contributed by atoms with van der Waals surface area (Å²) in [6.45, 7) is 2.44. The van der Waals surface area contributed by atoms with Crippen molar-refractivity contribution in [3.8, 4) is 5.75 Å². The number of benzene rings is 1. The van der Waals surface area contributed by atoms with Crippen LogP contribution in [0, 0.1) is 0 Å². The molecule has 5 heteroatoms. The van der Waals surface area contributed by atoms with Gasteiger partial charge in [-0.1, -0.05) is 6.42 Å². The minimum atomic E-state index is -3.27. The van der Waals surface area contributed by atoms with Crippen molar-refractivity contribution >= 4 is 15.6 Å². The Morgan fingerprint density at radius 3 is 2.53 bits per heavy atom. The van der Waals surface area contributed by atoms with Crippen LogP contribution in [0.5, 0.6) is 5.75 Å². The first-order valence-electron chi connectivity index (χ1n) is 6.53. The standard InChI is InChI=1S/C14H18O4S/c1-2-18-12-8-6-11(7-9-12)14(15)13-5-3-4-10-19(13,16)17/h6-9,13H,2-5,10H2,1H3. The van der Waals surface area contributed by atoms with Crippen LogP contribution in [0.2, 0.25) is 0 Å². The monoisotopic (exact) mass is 282 g/mol. The molecule has 0 aromatic heterocycles. The maximum Gasteiger partial charge on any atom is 0.180 e. The van der Waals surface area contributed by atoms with Crippen molar-refractivity contribution in [3.63, 3.8) is 0 Å². The molecule has 0 radical (unpaired) electrons. The number of Topliss-reactive ketones (excluding diaryl/α,β-unsaturated/α-hetero) is 1. The van der Waals surface area contributed by atoms with Crippen molar-refractivity contribution in [2.24, 2.45) is 0 Å². The van der Waals surface area contributed by atoms with E-state index in [0.717, 1.165) is 6.42 Å². The third-order valence-corrected chi connectivity index (χ3v) is 5.50. The molecule has 1 aromatic carbocycles. The Morgan fingerprint density at radius 1 is 1.26 bits per heavy atom. The molecular formula is C14H18O4S. The fourth-order valence-corrected chi connectivity index (χ4v) is 4.20. The zero-order chi connectivity index (χ0) is 13.9. The highest BCUT2D eigenvalue weighted by Gasteiger charge is 2.35. The predicted octanol–water partition coefficient (Wildman–Crippen LogP) is 2.24. The van der Waals surface area contributed by atoms with E-state index >= 15 is 0 Å². The summed E-state index contributed by atoms with van der Waals surface area (Å²) in [5, 5.41) is -0.862. The largest absolute Gasteiger partial charge is 0.494 e. The first-order chi connectivity index (χ1) is 9.04. The first kappa shape index (κ1) is 14.1. The lowest BCUT2D eigenvalue weighted by Gasteiger charge is -2.21. The molecule has 2 rings (SSSR count). The molecule has 104 valence electrons. The number of carbonyl (C=O) groups excluding carboxylic acids is 1. The van der Waals surface area contributed by atoms with Gasteiger partial charge in [0, 0.05) is 5.56 Å². The summed E-state index contributed by atoms with van der Waals surface area (Å²) < 4.78 is 29.1. The summed E-state index contributed by atoms with van der Waals surface area (Å²) in [7, 11) is -3.27. The van der Waals surface area contributed by atoms with Crippen molar-refractivity contribution in [1.29, 1.82) is 0 Å². The molecule has 1 unspecified atom stereocenters. The van der Waals surface area contributed by atoms with E-state index in [0.29, 0.717) is 30.8 Å². The SMILES string of the molecule is CCOc1ccc(C(=O)C2CCCCS2(=O)=O)cc1. The summed E-state index contributed by atoms with van der Waals surface area (Å²) in [6.07, 6.45) is 1.90. The van der Waals surface area contributed by atoms with Crippen LogP contribution in [0.4, 0.5) is 0 Å². The fraction of sp³-hybridized carbons (Fsp3) is 0.500. The fourth-order valence-electron chi connectivity index (χ4n) is 2.32. The summed E-state index contributed by atoms with van der Waals surface area (Å²) in [5.41, 5.74) is 0.443. The number of hydrogen-bond acceptors (Lipinski definition) is 4. The van der Waals surface area contributed by atoms with E-state index in [1.165, 1.54) is 0 Å². The number of rotatable bonds is 4. The van der Waals surface area contributed by atoms with Crippen LogP contribution in [0.3, 0.4) is 0 Å². The average molecular weight is 282 g/mol. The Kier molecular flexibility index (Phi) is 4.24. The average Bonchev–Trinajstić information content (AvgIpc) is 2.39. The van der Waals surface area contributed by atoms with E-state index in [1.54, 1.807) is 24.3 Å². The Bertz CT molecular complexity index is 545. The molecule has 0 amide bonds. The van der Waals surface area contributed by atoms with Gasteiger partial charge in [0.1, 0.15) is 11.0 Å². The van der Waals surface area contributed by atoms with Crippen molar-refractivity contribution in [2.75, 3.05) is 12.4 Å². The Hall–Kier alpha value is -1.36. The van der Waals surface area contributed by atoms with E-state index in [2.05, 4.69) is 0 Å². The van der Waals surface area contributed by atoms with Gasteiger partial charge in [-0.2, -0.15) is 0 Å². The van der Waals surface area contributed by atoms with E-state index in [-0.39, 0.29) is 11.5 Å². The van der Waals surface area contributed by atoms with Crippen molar-refractivity contribution in [3.05, 3.63) is 29.8 Å². The molecule has 4 nitrogen and oxygen atoms in total. The number of sulfone groups is 1. The maximum atomic E-state index is 12.3. The summed E-state index contributed by atoms with van der Waals surface area (Å²) in [6, 6.07) is 6.67. The topological polar surface area (TPSA) is 60.4 Å². The Labute approximate surface area is 113 Å². The molecule has 0 N–H and O–H groups in total. The van der Waals surface area contributed by atoms with Crippen LogP contribution in [0.15, 0.2) is 24.3 Å². The molecule has 1 aliphatic heterocycles. The van der Waals surface area contributed by atoms with Gasteiger partial charge in [-0.05, 0) is 44.0 Å². The molecule has 1 heterocycles. The smallest absolute Gasteiger partial charge is 0.180 e. The number of carbonyl (C=O) groups is 1. The molecule has 19 heavy (non-hydrogen) atoms. The highest BCUT2D eigenvalue weighted by atomic mass is 32.2. The van der Waals surface area contributed by atoms with Crippen LogP contribution in [0.25, 0.3) is 0 Å². The number of ketones is 1. The van der Waals surface area contributed by atoms with E-state index in [1.807, 2.05) is 6.92 Å². The molecule has 0 aliphatic carbocycles. The zero-order valence-electron chi connectivity index (χ0n) is 11.0. The lowest BCUT2D eigenvalue weighted by Crippen LogP contribution is -2.35.